The maximum absolute atomic E-state index is 12.4. The van der Waals surface area contributed by atoms with Gasteiger partial charge in [-0.2, -0.15) is 8.42 Å². The van der Waals surface area contributed by atoms with Gasteiger partial charge in [0.1, 0.15) is 5.75 Å². The molecule has 1 aromatic heterocycles. The van der Waals surface area contributed by atoms with Crippen molar-refractivity contribution in [2.75, 3.05) is 6.61 Å². The van der Waals surface area contributed by atoms with E-state index in [-0.39, 0.29) is 4.90 Å². The largest absolute Gasteiger partial charge is 0.494 e. The molecule has 0 aliphatic heterocycles. The Morgan fingerprint density at radius 3 is 2.61 bits per heavy atom. The zero-order valence-corrected chi connectivity index (χ0v) is 14.4. The van der Waals surface area contributed by atoms with Crippen LogP contribution < -0.4 is 9.54 Å². The third-order valence-electron chi connectivity index (χ3n) is 3.33. The summed E-state index contributed by atoms with van der Waals surface area (Å²) in [5, 5.41) is 0. The average Bonchev–Trinajstić information content (AvgIpc) is 2.84. The van der Waals surface area contributed by atoms with E-state index in [0.717, 1.165) is 16.0 Å². The van der Waals surface area contributed by atoms with Crippen LogP contribution >= 0.6 is 11.3 Å². The molecule has 23 heavy (non-hydrogen) atoms. The van der Waals surface area contributed by atoms with Crippen molar-refractivity contribution in [2.45, 2.75) is 11.8 Å². The van der Waals surface area contributed by atoms with Crippen molar-refractivity contribution < 1.29 is 13.2 Å². The van der Waals surface area contributed by atoms with Gasteiger partial charge in [-0.3, -0.25) is 0 Å². The van der Waals surface area contributed by atoms with Gasteiger partial charge in [0.2, 0.25) is 4.80 Å². The summed E-state index contributed by atoms with van der Waals surface area (Å²) in [6.07, 6.45) is 0. The maximum Gasteiger partial charge on any atom is 0.285 e. The summed E-state index contributed by atoms with van der Waals surface area (Å²) in [6.45, 7) is 2.51. The van der Waals surface area contributed by atoms with E-state index in [1.54, 1.807) is 41.9 Å². The fourth-order valence-electron chi connectivity index (χ4n) is 2.21. The predicted octanol–water partition coefficient (Wildman–Crippen LogP) is 2.93. The molecular formula is C16H16N2O3S2. The first-order chi connectivity index (χ1) is 11.0. The van der Waals surface area contributed by atoms with E-state index in [9.17, 15) is 8.42 Å². The quantitative estimate of drug-likeness (QED) is 0.728. The Kier molecular flexibility index (Phi) is 4.23. The van der Waals surface area contributed by atoms with Gasteiger partial charge in [-0.15, -0.1) is 4.40 Å². The molecule has 0 aliphatic rings. The number of hydrogen-bond donors (Lipinski definition) is 0. The van der Waals surface area contributed by atoms with E-state index in [2.05, 4.69) is 4.40 Å². The van der Waals surface area contributed by atoms with E-state index in [4.69, 9.17) is 4.74 Å². The first-order valence-corrected chi connectivity index (χ1v) is 9.35. The van der Waals surface area contributed by atoms with Crippen molar-refractivity contribution >= 4 is 31.6 Å². The Labute approximate surface area is 138 Å². The van der Waals surface area contributed by atoms with Crippen molar-refractivity contribution in [1.29, 1.82) is 0 Å². The minimum Gasteiger partial charge on any atom is -0.494 e. The minimum absolute atomic E-state index is 0.187. The van der Waals surface area contributed by atoms with E-state index < -0.39 is 10.0 Å². The Bertz CT molecular complexity index is 1000. The first-order valence-electron chi connectivity index (χ1n) is 7.09. The maximum atomic E-state index is 12.4. The molecule has 0 unspecified atom stereocenters. The number of ether oxygens (including phenoxy) is 1. The van der Waals surface area contributed by atoms with Gasteiger partial charge in [0.25, 0.3) is 10.0 Å². The number of rotatable bonds is 4. The van der Waals surface area contributed by atoms with E-state index in [1.807, 2.05) is 25.1 Å². The van der Waals surface area contributed by atoms with Crippen LogP contribution in [0.5, 0.6) is 5.75 Å². The van der Waals surface area contributed by atoms with Crippen LogP contribution in [0, 0.1) is 0 Å². The van der Waals surface area contributed by atoms with Crippen molar-refractivity contribution in [1.82, 2.24) is 4.57 Å². The summed E-state index contributed by atoms with van der Waals surface area (Å²) in [4.78, 5) is 0.616. The highest BCUT2D eigenvalue weighted by Gasteiger charge is 2.13. The lowest BCUT2D eigenvalue weighted by Gasteiger charge is -2.02. The second kappa shape index (κ2) is 6.17. The number of hydrogen-bond acceptors (Lipinski definition) is 4. The van der Waals surface area contributed by atoms with Crippen molar-refractivity contribution in [3.8, 4) is 5.75 Å². The lowest BCUT2D eigenvalue weighted by atomic mass is 10.3. The molecule has 0 saturated carbocycles. The number of nitrogens with zero attached hydrogens (tertiary/aromatic N) is 2. The molecule has 0 N–H and O–H groups in total. The van der Waals surface area contributed by atoms with Crippen molar-refractivity contribution in [3.05, 3.63) is 53.3 Å². The molecule has 0 spiro atoms. The number of benzene rings is 2. The molecule has 0 atom stereocenters. The standard InChI is InChI=1S/C16H16N2O3S2/c1-3-21-12-9-10-14-15(11-12)22-16(18(14)2)17-23(19,20)13-7-5-4-6-8-13/h4-11H,3H2,1-2H3/b17-16-. The molecule has 5 nitrogen and oxygen atoms in total. The molecule has 0 radical (unpaired) electrons. The highest BCUT2D eigenvalue weighted by atomic mass is 32.2. The highest BCUT2D eigenvalue weighted by Crippen LogP contribution is 2.23. The zero-order valence-electron chi connectivity index (χ0n) is 12.8. The van der Waals surface area contributed by atoms with Crippen molar-refractivity contribution in [2.24, 2.45) is 11.4 Å². The fourth-order valence-corrected chi connectivity index (χ4v) is 4.50. The van der Waals surface area contributed by atoms with E-state index in [0.29, 0.717) is 11.4 Å². The third-order valence-corrected chi connectivity index (χ3v) is 5.82. The first kappa shape index (κ1) is 15.8. The van der Waals surface area contributed by atoms with Gasteiger partial charge in [-0.1, -0.05) is 29.5 Å². The van der Waals surface area contributed by atoms with Crippen LogP contribution in [-0.4, -0.2) is 19.6 Å². The second-order valence-corrected chi connectivity index (χ2v) is 7.50. The monoisotopic (exact) mass is 348 g/mol. The normalized spacial score (nSPS) is 12.7. The zero-order chi connectivity index (χ0) is 16.4. The average molecular weight is 348 g/mol. The van der Waals surface area contributed by atoms with Crippen LogP contribution in [0.15, 0.2) is 57.8 Å². The van der Waals surface area contributed by atoms with Gasteiger partial charge in [0.15, 0.2) is 0 Å². The number of aromatic nitrogens is 1. The topological polar surface area (TPSA) is 60.7 Å². The molecule has 0 fully saturated rings. The van der Waals surface area contributed by atoms with E-state index in [1.165, 1.54) is 11.3 Å². The molecule has 0 aliphatic carbocycles. The molecule has 7 heteroatoms. The van der Waals surface area contributed by atoms with Gasteiger partial charge < -0.3 is 9.30 Å². The van der Waals surface area contributed by atoms with Gasteiger partial charge in [-0.25, -0.2) is 0 Å². The second-order valence-electron chi connectivity index (χ2n) is 4.89. The predicted molar refractivity (Wildman–Crippen MR) is 91.2 cm³/mol. The Balaban J connectivity index is 2.14. The molecule has 1 heterocycles. The smallest absolute Gasteiger partial charge is 0.285 e. The SMILES string of the molecule is CCOc1ccc2c(c1)s/c(=N\S(=O)(=O)c1ccccc1)n2C. The molecule has 0 amide bonds. The molecule has 120 valence electrons. The van der Waals surface area contributed by atoms with Crippen LogP contribution in [0.25, 0.3) is 10.2 Å². The Morgan fingerprint density at radius 1 is 1.17 bits per heavy atom. The number of aryl methyl sites for hydroxylation is 1. The molecule has 0 bridgehead atoms. The van der Waals surface area contributed by atoms with Gasteiger partial charge >= 0.3 is 0 Å². The number of fused-ring (bicyclic) bond motifs is 1. The molecule has 0 saturated heterocycles. The Morgan fingerprint density at radius 2 is 1.91 bits per heavy atom. The summed E-state index contributed by atoms with van der Waals surface area (Å²) >= 11 is 1.32. The van der Waals surface area contributed by atoms with Crippen LogP contribution in [-0.2, 0) is 17.1 Å². The summed E-state index contributed by atoms with van der Waals surface area (Å²) in [7, 11) is -1.92. The van der Waals surface area contributed by atoms with Gasteiger partial charge in [0.05, 0.1) is 21.7 Å². The molecule has 3 rings (SSSR count). The molecule has 2 aromatic carbocycles. The van der Waals surface area contributed by atoms with Crippen LogP contribution in [0.2, 0.25) is 0 Å². The van der Waals surface area contributed by atoms with Crippen molar-refractivity contribution in [3.63, 3.8) is 0 Å². The summed E-state index contributed by atoms with van der Waals surface area (Å²) in [5.74, 6) is 0.763. The fraction of sp³-hybridized carbons (Fsp3) is 0.188. The third kappa shape index (κ3) is 3.16. The summed E-state index contributed by atoms with van der Waals surface area (Å²) in [6, 6.07) is 13.9. The lowest BCUT2D eigenvalue weighted by molar-refractivity contribution is 0.341. The number of sulfonamides is 1. The van der Waals surface area contributed by atoms with Crippen LogP contribution in [0.3, 0.4) is 0 Å². The van der Waals surface area contributed by atoms with Crippen LogP contribution in [0.4, 0.5) is 0 Å². The molecule has 3 aromatic rings. The lowest BCUT2D eigenvalue weighted by Crippen LogP contribution is -2.13. The number of thiazole rings is 1. The van der Waals surface area contributed by atoms with Gasteiger partial charge in [-0.05, 0) is 37.3 Å². The summed E-state index contributed by atoms with van der Waals surface area (Å²) < 4.78 is 37.0. The highest BCUT2D eigenvalue weighted by molar-refractivity contribution is 7.90. The minimum atomic E-state index is -3.72. The Hall–Kier alpha value is -2.12. The molecular weight excluding hydrogens is 332 g/mol. The van der Waals surface area contributed by atoms with E-state index >= 15 is 0 Å². The summed E-state index contributed by atoms with van der Waals surface area (Å²) in [5.41, 5.74) is 0.917. The van der Waals surface area contributed by atoms with Crippen LogP contribution in [0.1, 0.15) is 6.92 Å². The van der Waals surface area contributed by atoms with Gasteiger partial charge in [0, 0.05) is 7.05 Å².